The molecule has 0 spiro atoms. The first-order valence-corrected chi connectivity index (χ1v) is 8.54. The van der Waals surface area contributed by atoms with Crippen molar-refractivity contribution in [1.82, 2.24) is 5.32 Å². The highest BCUT2D eigenvalue weighted by atomic mass is 79.9. The summed E-state index contributed by atoms with van der Waals surface area (Å²) in [4.78, 5) is 0. The van der Waals surface area contributed by atoms with Gasteiger partial charge in [0.1, 0.15) is 11.6 Å². The van der Waals surface area contributed by atoms with Crippen LogP contribution in [-0.2, 0) is 0 Å². The van der Waals surface area contributed by atoms with Gasteiger partial charge in [-0.3, -0.25) is 0 Å². The average Bonchev–Trinajstić information content (AvgIpc) is 2.75. The number of halogens is 3. The second-order valence-electron chi connectivity index (χ2n) is 6.71. The summed E-state index contributed by atoms with van der Waals surface area (Å²) in [5.41, 5.74) is 0.616. The molecule has 0 radical (unpaired) electrons. The number of rotatable bonds is 5. The van der Waals surface area contributed by atoms with Crippen molar-refractivity contribution in [3.8, 4) is 0 Å². The van der Waals surface area contributed by atoms with E-state index in [-0.39, 0.29) is 21.7 Å². The van der Waals surface area contributed by atoms with E-state index in [4.69, 9.17) is 0 Å². The Kier molecular flexibility index (Phi) is 5.42. The van der Waals surface area contributed by atoms with E-state index in [1.807, 2.05) is 0 Å². The molecule has 0 aromatic heterocycles. The Balaban J connectivity index is 2.38. The van der Waals surface area contributed by atoms with Crippen molar-refractivity contribution < 1.29 is 8.78 Å². The summed E-state index contributed by atoms with van der Waals surface area (Å²) in [6.07, 6.45) is 4.33. The summed E-state index contributed by atoms with van der Waals surface area (Å²) >= 11 is 3.05. The van der Waals surface area contributed by atoms with Crippen LogP contribution < -0.4 is 5.32 Å². The lowest BCUT2D eigenvalue weighted by Crippen LogP contribution is -2.35. The lowest BCUT2D eigenvalue weighted by atomic mass is 9.75. The third-order valence-electron chi connectivity index (χ3n) is 4.73. The highest BCUT2D eigenvalue weighted by molar-refractivity contribution is 9.10. The maximum Gasteiger partial charge on any atom is 0.137 e. The quantitative estimate of drug-likeness (QED) is 0.675. The fourth-order valence-electron chi connectivity index (χ4n) is 3.52. The molecule has 0 aliphatic heterocycles. The van der Waals surface area contributed by atoms with Gasteiger partial charge >= 0.3 is 0 Å². The van der Waals surface area contributed by atoms with E-state index >= 15 is 0 Å². The zero-order valence-electron chi connectivity index (χ0n) is 13.0. The smallest absolute Gasteiger partial charge is 0.137 e. The third kappa shape index (κ3) is 3.65. The average molecular weight is 360 g/mol. The minimum Gasteiger partial charge on any atom is -0.310 e. The van der Waals surface area contributed by atoms with Crippen LogP contribution in [0, 0.1) is 23.0 Å². The summed E-state index contributed by atoms with van der Waals surface area (Å²) in [7, 11) is 0. The van der Waals surface area contributed by atoms with Crippen molar-refractivity contribution in [3.05, 3.63) is 33.8 Å². The SMILES string of the molecule is CCCNC(c1cc(F)c(Br)cc1F)C1CCCC1(C)C. The molecule has 21 heavy (non-hydrogen) atoms. The highest BCUT2D eigenvalue weighted by Gasteiger charge is 2.40. The highest BCUT2D eigenvalue weighted by Crippen LogP contribution is 2.49. The molecule has 1 nitrogen and oxygen atoms in total. The summed E-state index contributed by atoms with van der Waals surface area (Å²) < 4.78 is 28.4. The van der Waals surface area contributed by atoms with Crippen LogP contribution in [-0.4, -0.2) is 6.54 Å². The van der Waals surface area contributed by atoms with Crippen molar-refractivity contribution in [2.24, 2.45) is 11.3 Å². The molecule has 1 fully saturated rings. The minimum absolute atomic E-state index is 0.120. The molecule has 1 saturated carbocycles. The predicted octanol–water partition coefficient (Wildman–Crippen LogP) is 5.59. The van der Waals surface area contributed by atoms with E-state index in [0.29, 0.717) is 11.5 Å². The summed E-state index contributed by atoms with van der Waals surface area (Å²) in [6, 6.07) is 2.47. The molecule has 2 unspecified atom stereocenters. The third-order valence-corrected chi connectivity index (χ3v) is 5.34. The maximum atomic E-state index is 14.4. The Bertz CT molecular complexity index is 502. The number of hydrogen-bond donors (Lipinski definition) is 1. The van der Waals surface area contributed by atoms with Gasteiger partial charge in [-0.05, 0) is 65.2 Å². The van der Waals surface area contributed by atoms with Gasteiger partial charge in [-0.15, -0.1) is 0 Å². The van der Waals surface area contributed by atoms with Gasteiger partial charge in [-0.25, -0.2) is 8.78 Å². The summed E-state index contributed by atoms with van der Waals surface area (Å²) in [6.45, 7) is 7.37. The molecule has 2 atom stereocenters. The molecular weight excluding hydrogens is 336 g/mol. The second-order valence-corrected chi connectivity index (χ2v) is 7.56. The lowest BCUT2D eigenvalue weighted by molar-refractivity contribution is 0.194. The van der Waals surface area contributed by atoms with Crippen molar-refractivity contribution in [3.63, 3.8) is 0 Å². The molecule has 1 aliphatic rings. The predicted molar refractivity (Wildman–Crippen MR) is 86.2 cm³/mol. The Morgan fingerprint density at radius 3 is 2.62 bits per heavy atom. The number of nitrogens with one attached hydrogen (secondary N) is 1. The van der Waals surface area contributed by atoms with Crippen LogP contribution in [0.4, 0.5) is 8.78 Å². The van der Waals surface area contributed by atoms with Gasteiger partial charge in [0.05, 0.1) is 4.47 Å². The van der Waals surface area contributed by atoms with Gasteiger partial charge in [-0.2, -0.15) is 0 Å². The van der Waals surface area contributed by atoms with Crippen molar-refractivity contribution >= 4 is 15.9 Å². The number of hydrogen-bond acceptors (Lipinski definition) is 1. The fraction of sp³-hybridized carbons (Fsp3) is 0.647. The maximum absolute atomic E-state index is 14.4. The lowest BCUT2D eigenvalue weighted by Gasteiger charge is -2.35. The van der Waals surface area contributed by atoms with Crippen LogP contribution in [0.1, 0.15) is 58.1 Å². The van der Waals surface area contributed by atoms with Crippen molar-refractivity contribution in [1.29, 1.82) is 0 Å². The second kappa shape index (κ2) is 6.74. The van der Waals surface area contributed by atoms with Gasteiger partial charge in [0.25, 0.3) is 0 Å². The van der Waals surface area contributed by atoms with Crippen molar-refractivity contribution in [2.75, 3.05) is 6.54 Å². The monoisotopic (exact) mass is 359 g/mol. The standard InChI is InChI=1S/C17H24BrF2N/c1-4-8-21-16(12-6-5-7-17(12,2)3)11-9-15(20)13(18)10-14(11)19/h9-10,12,16,21H,4-8H2,1-3H3. The van der Waals surface area contributed by atoms with Gasteiger partial charge in [0, 0.05) is 11.6 Å². The number of benzene rings is 1. The molecular formula is C17H24BrF2N. The van der Waals surface area contributed by atoms with E-state index < -0.39 is 5.82 Å². The van der Waals surface area contributed by atoms with Crippen LogP contribution in [0.15, 0.2) is 16.6 Å². The molecule has 1 aromatic carbocycles. The molecule has 0 amide bonds. The minimum atomic E-state index is -0.398. The molecule has 1 aromatic rings. The fourth-order valence-corrected chi connectivity index (χ4v) is 3.83. The summed E-state index contributed by atoms with van der Waals surface area (Å²) in [5, 5.41) is 3.45. The van der Waals surface area contributed by atoms with Crippen molar-refractivity contribution in [2.45, 2.75) is 52.5 Å². The van der Waals surface area contributed by atoms with Gasteiger partial charge < -0.3 is 5.32 Å². The van der Waals surface area contributed by atoms with E-state index in [9.17, 15) is 8.78 Å². The van der Waals surface area contributed by atoms with Crippen LogP contribution in [0.25, 0.3) is 0 Å². The van der Waals surface area contributed by atoms with Crippen LogP contribution in [0.3, 0.4) is 0 Å². The molecule has 0 saturated heterocycles. The zero-order chi connectivity index (χ0) is 15.6. The van der Waals surface area contributed by atoms with E-state index in [1.165, 1.54) is 12.1 Å². The topological polar surface area (TPSA) is 12.0 Å². The molecule has 2 rings (SSSR count). The molecule has 1 aliphatic carbocycles. The van der Waals surface area contributed by atoms with Crippen LogP contribution in [0.2, 0.25) is 0 Å². The molecule has 118 valence electrons. The Hall–Kier alpha value is -0.480. The molecule has 1 N–H and O–H groups in total. The van der Waals surface area contributed by atoms with E-state index in [1.54, 1.807) is 0 Å². The molecule has 0 heterocycles. The van der Waals surface area contributed by atoms with Gasteiger partial charge in [0.15, 0.2) is 0 Å². The molecule has 4 heteroatoms. The normalized spacial score (nSPS) is 22.5. The van der Waals surface area contributed by atoms with Gasteiger partial charge in [-0.1, -0.05) is 27.2 Å². The Labute approximate surface area is 134 Å². The first kappa shape index (κ1) is 16.9. The Morgan fingerprint density at radius 2 is 2.05 bits per heavy atom. The van der Waals surface area contributed by atoms with Crippen LogP contribution in [0.5, 0.6) is 0 Å². The Morgan fingerprint density at radius 1 is 1.33 bits per heavy atom. The van der Waals surface area contributed by atoms with E-state index in [0.717, 1.165) is 32.2 Å². The van der Waals surface area contributed by atoms with Crippen LogP contribution >= 0.6 is 15.9 Å². The molecule has 0 bridgehead atoms. The van der Waals surface area contributed by atoms with Gasteiger partial charge in [0.2, 0.25) is 0 Å². The summed E-state index contributed by atoms with van der Waals surface area (Å²) in [5.74, 6) is -0.399. The first-order valence-electron chi connectivity index (χ1n) is 7.74. The largest absolute Gasteiger partial charge is 0.310 e. The van der Waals surface area contributed by atoms with E-state index in [2.05, 4.69) is 42.0 Å². The first-order chi connectivity index (χ1) is 9.86. The zero-order valence-corrected chi connectivity index (χ0v) is 14.6.